The van der Waals surface area contributed by atoms with Gasteiger partial charge in [-0.1, -0.05) is 36.4 Å². The highest BCUT2D eigenvalue weighted by Crippen LogP contribution is 2.21. The number of ketones is 1. The number of Topliss-reactive ketones (excluding diaryl/α,β-unsaturated/α-hetero) is 1. The predicted octanol–water partition coefficient (Wildman–Crippen LogP) is 3.34. The molecule has 3 heteroatoms. The number of carbonyl (C=O) groups excluding carboxylic acids is 1. The van der Waals surface area contributed by atoms with Gasteiger partial charge in [-0.3, -0.25) is 4.79 Å². The molecule has 0 heterocycles. The summed E-state index contributed by atoms with van der Waals surface area (Å²) in [6.07, 6.45) is 1.06. The van der Waals surface area contributed by atoms with Crippen LogP contribution in [-0.4, -0.2) is 11.8 Å². The Kier molecular flexibility index (Phi) is 4.64. The molecule has 0 unspecified atom stereocenters. The van der Waals surface area contributed by atoms with Crippen molar-refractivity contribution in [2.75, 3.05) is 0 Å². The summed E-state index contributed by atoms with van der Waals surface area (Å²) in [6, 6.07) is 14.2. The Balaban J connectivity index is 2.08. The van der Waals surface area contributed by atoms with E-state index < -0.39 is 0 Å². The van der Waals surface area contributed by atoms with Crippen LogP contribution in [0.25, 0.3) is 11.1 Å². The monoisotopic (exact) mass is 271 g/mol. The molecule has 0 aliphatic rings. The molecular weight excluding hydrogens is 253 g/mol. The Morgan fingerprint density at radius 1 is 1.15 bits per heavy atom. The lowest BCUT2D eigenvalue weighted by Gasteiger charge is -2.10. The molecule has 0 saturated heterocycles. The molecule has 0 aromatic heterocycles. The maximum absolute atomic E-state index is 13.2. The topological polar surface area (TPSA) is 43.1 Å². The molecule has 0 spiro atoms. The van der Waals surface area contributed by atoms with E-state index >= 15 is 0 Å². The van der Waals surface area contributed by atoms with Gasteiger partial charge in [0, 0.05) is 12.5 Å². The molecule has 0 amide bonds. The molecule has 2 aromatic rings. The van der Waals surface area contributed by atoms with Gasteiger partial charge in [0.05, 0.1) is 0 Å². The second kappa shape index (κ2) is 6.44. The van der Waals surface area contributed by atoms with Gasteiger partial charge in [-0.25, -0.2) is 4.39 Å². The summed E-state index contributed by atoms with van der Waals surface area (Å²) < 4.78 is 13.2. The van der Waals surface area contributed by atoms with Gasteiger partial charge in [-0.15, -0.1) is 0 Å². The fourth-order valence-electron chi connectivity index (χ4n) is 2.25. The van der Waals surface area contributed by atoms with E-state index in [1.165, 1.54) is 12.1 Å². The minimum Gasteiger partial charge on any atom is -0.327 e. The maximum Gasteiger partial charge on any atom is 0.131 e. The molecule has 20 heavy (non-hydrogen) atoms. The van der Waals surface area contributed by atoms with Crippen molar-refractivity contribution in [3.8, 4) is 11.1 Å². The van der Waals surface area contributed by atoms with Crippen molar-refractivity contribution in [3.63, 3.8) is 0 Å². The highest BCUT2D eigenvalue weighted by Gasteiger charge is 2.07. The standard InChI is InChI=1S/C17H18FNO/c1-12(20)9-17(19)10-13-5-7-14(8-6-13)15-3-2-4-16(18)11-15/h2-8,11,17H,9-10,19H2,1H3/t17-/m0/s1. The highest BCUT2D eigenvalue weighted by atomic mass is 19.1. The summed E-state index contributed by atoms with van der Waals surface area (Å²) in [4.78, 5) is 11.0. The third-order valence-corrected chi connectivity index (χ3v) is 3.16. The Bertz CT molecular complexity index is 592. The Morgan fingerprint density at radius 2 is 1.85 bits per heavy atom. The first-order valence-electron chi connectivity index (χ1n) is 6.64. The summed E-state index contributed by atoms with van der Waals surface area (Å²) in [7, 11) is 0. The number of rotatable bonds is 5. The van der Waals surface area contributed by atoms with Gasteiger partial charge in [0.15, 0.2) is 0 Å². The second-order valence-corrected chi connectivity index (χ2v) is 5.08. The molecule has 0 aliphatic carbocycles. The van der Waals surface area contributed by atoms with E-state index in [2.05, 4.69) is 0 Å². The zero-order chi connectivity index (χ0) is 14.5. The molecular formula is C17H18FNO. The van der Waals surface area contributed by atoms with Crippen LogP contribution in [0.1, 0.15) is 18.9 Å². The number of benzene rings is 2. The number of halogens is 1. The van der Waals surface area contributed by atoms with E-state index in [9.17, 15) is 9.18 Å². The van der Waals surface area contributed by atoms with Crippen molar-refractivity contribution in [3.05, 3.63) is 59.9 Å². The molecule has 1 atom stereocenters. The average Bonchev–Trinajstić information content (AvgIpc) is 2.38. The van der Waals surface area contributed by atoms with Gasteiger partial charge < -0.3 is 5.73 Å². The zero-order valence-corrected chi connectivity index (χ0v) is 11.5. The van der Waals surface area contributed by atoms with Crippen molar-refractivity contribution in [1.29, 1.82) is 0 Å². The van der Waals surface area contributed by atoms with Crippen molar-refractivity contribution in [2.45, 2.75) is 25.8 Å². The summed E-state index contributed by atoms with van der Waals surface area (Å²) in [5.74, 6) is -0.135. The van der Waals surface area contributed by atoms with Crippen molar-refractivity contribution < 1.29 is 9.18 Å². The molecule has 0 radical (unpaired) electrons. The molecule has 0 saturated carbocycles. The van der Waals surface area contributed by atoms with E-state index in [1.54, 1.807) is 13.0 Å². The second-order valence-electron chi connectivity index (χ2n) is 5.08. The molecule has 2 N–H and O–H groups in total. The van der Waals surface area contributed by atoms with Crippen LogP contribution in [-0.2, 0) is 11.2 Å². The Hall–Kier alpha value is -2.00. The first kappa shape index (κ1) is 14.4. The number of hydrogen-bond donors (Lipinski definition) is 1. The molecule has 0 aliphatic heterocycles. The van der Waals surface area contributed by atoms with Crippen molar-refractivity contribution in [2.24, 2.45) is 5.73 Å². The molecule has 2 nitrogen and oxygen atoms in total. The first-order chi connectivity index (χ1) is 9.54. The molecule has 104 valence electrons. The van der Waals surface area contributed by atoms with Crippen LogP contribution in [0.3, 0.4) is 0 Å². The first-order valence-corrected chi connectivity index (χ1v) is 6.64. The largest absolute Gasteiger partial charge is 0.327 e. The van der Waals surface area contributed by atoms with Crippen molar-refractivity contribution >= 4 is 5.78 Å². The highest BCUT2D eigenvalue weighted by molar-refractivity contribution is 5.76. The number of hydrogen-bond acceptors (Lipinski definition) is 2. The number of nitrogens with two attached hydrogens (primary N) is 1. The van der Waals surface area contributed by atoms with Crippen LogP contribution in [0.5, 0.6) is 0 Å². The van der Waals surface area contributed by atoms with Crippen LogP contribution in [0.15, 0.2) is 48.5 Å². The molecule has 0 fully saturated rings. The quantitative estimate of drug-likeness (QED) is 0.906. The fourth-order valence-corrected chi connectivity index (χ4v) is 2.25. The van der Waals surface area contributed by atoms with Gasteiger partial charge in [-0.2, -0.15) is 0 Å². The van der Waals surface area contributed by atoms with E-state index in [-0.39, 0.29) is 17.6 Å². The van der Waals surface area contributed by atoms with E-state index in [0.717, 1.165) is 16.7 Å². The molecule has 2 aromatic carbocycles. The van der Waals surface area contributed by atoms with Gasteiger partial charge in [0.2, 0.25) is 0 Å². The van der Waals surface area contributed by atoms with Gasteiger partial charge in [0.25, 0.3) is 0 Å². The fraction of sp³-hybridized carbons (Fsp3) is 0.235. The normalized spacial score (nSPS) is 12.2. The predicted molar refractivity (Wildman–Crippen MR) is 78.8 cm³/mol. The van der Waals surface area contributed by atoms with Crippen molar-refractivity contribution in [1.82, 2.24) is 0 Å². The third kappa shape index (κ3) is 4.00. The van der Waals surface area contributed by atoms with Gasteiger partial charge in [-0.05, 0) is 42.2 Å². The van der Waals surface area contributed by atoms with Crippen LogP contribution in [0, 0.1) is 5.82 Å². The van der Waals surface area contributed by atoms with Crippen LogP contribution in [0.4, 0.5) is 4.39 Å². The zero-order valence-electron chi connectivity index (χ0n) is 11.5. The number of carbonyl (C=O) groups is 1. The maximum atomic E-state index is 13.2. The van der Waals surface area contributed by atoms with Gasteiger partial charge >= 0.3 is 0 Å². The van der Waals surface area contributed by atoms with E-state index in [0.29, 0.717) is 12.8 Å². The Labute approximate surface area is 118 Å². The van der Waals surface area contributed by atoms with Crippen LogP contribution in [0.2, 0.25) is 0 Å². The Morgan fingerprint density at radius 3 is 2.45 bits per heavy atom. The molecule has 0 bridgehead atoms. The summed E-state index contributed by atoms with van der Waals surface area (Å²) in [5.41, 5.74) is 8.81. The molecule has 2 rings (SSSR count). The summed E-state index contributed by atoms with van der Waals surface area (Å²) in [6.45, 7) is 1.55. The minimum absolute atomic E-state index is 0.105. The summed E-state index contributed by atoms with van der Waals surface area (Å²) >= 11 is 0. The minimum atomic E-state index is -0.241. The van der Waals surface area contributed by atoms with Gasteiger partial charge in [0.1, 0.15) is 11.6 Å². The lowest BCUT2D eigenvalue weighted by atomic mass is 9.99. The smallest absolute Gasteiger partial charge is 0.131 e. The van der Waals surface area contributed by atoms with E-state index in [1.807, 2.05) is 30.3 Å². The SMILES string of the molecule is CC(=O)C[C@H](N)Cc1ccc(-c2cccc(F)c2)cc1. The summed E-state index contributed by atoms with van der Waals surface area (Å²) in [5, 5.41) is 0. The lowest BCUT2D eigenvalue weighted by Crippen LogP contribution is -2.25. The van der Waals surface area contributed by atoms with E-state index in [4.69, 9.17) is 5.73 Å². The van der Waals surface area contributed by atoms with Crippen LogP contribution < -0.4 is 5.73 Å². The van der Waals surface area contributed by atoms with Crippen LogP contribution >= 0.6 is 0 Å². The average molecular weight is 271 g/mol. The lowest BCUT2D eigenvalue weighted by molar-refractivity contribution is -0.117. The third-order valence-electron chi connectivity index (χ3n) is 3.16.